The third kappa shape index (κ3) is 8.59. The Morgan fingerprint density at radius 2 is 1.75 bits per heavy atom. The summed E-state index contributed by atoms with van der Waals surface area (Å²) in [4.78, 5) is 95.1. The lowest BCUT2D eigenvalue weighted by atomic mass is 9.81. The Morgan fingerprint density at radius 3 is 2.49 bits per heavy atom. The number of ketones is 2. The van der Waals surface area contributed by atoms with Crippen LogP contribution in [0.5, 0.6) is 0 Å². The number of rotatable bonds is 17. The lowest BCUT2D eigenvalue weighted by molar-refractivity contribution is -0.172. The number of amides is 3. The van der Waals surface area contributed by atoms with Gasteiger partial charge in [-0.3, -0.25) is 28.8 Å². The van der Waals surface area contributed by atoms with Crippen LogP contribution in [0, 0.1) is 12.7 Å². The molecular weight excluding hydrogens is 788 g/mol. The summed E-state index contributed by atoms with van der Waals surface area (Å²) in [6.07, 6.45) is 1.09. The molecule has 3 aliphatic rings. The van der Waals surface area contributed by atoms with E-state index in [1.807, 2.05) is 30.3 Å². The molecule has 1 aliphatic carbocycles. The highest BCUT2D eigenvalue weighted by molar-refractivity contribution is 5.95. The highest BCUT2D eigenvalue weighted by atomic mass is 19.1. The third-order valence-corrected chi connectivity index (χ3v) is 12.1. The van der Waals surface area contributed by atoms with E-state index in [0.717, 1.165) is 22.1 Å². The van der Waals surface area contributed by atoms with Gasteiger partial charge in [0.05, 0.1) is 47.6 Å². The predicted octanol–water partition coefficient (Wildman–Crippen LogP) is 2.91. The number of aryl methyl sites for hydroxylation is 1. The molecule has 0 saturated heterocycles. The summed E-state index contributed by atoms with van der Waals surface area (Å²) < 4.78 is 22.0. The van der Waals surface area contributed by atoms with Gasteiger partial charge in [-0.15, -0.1) is 0 Å². The number of ether oxygens (including phenoxy) is 1. The van der Waals surface area contributed by atoms with Gasteiger partial charge in [0.15, 0.2) is 11.4 Å². The number of hydrogen-bond donors (Lipinski definition) is 5. The third-order valence-electron chi connectivity index (χ3n) is 12.1. The van der Waals surface area contributed by atoms with Crippen LogP contribution in [0.15, 0.2) is 47.3 Å². The summed E-state index contributed by atoms with van der Waals surface area (Å²) in [6, 6.07) is 10.7. The van der Waals surface area contributed by atoms with E-state index in [1.165, 1.54) is 10.6 Å². The highest BCUT2D eigenvalue weighted by Gasteiger charge is 2.46. The van der Waals surface area contributed by atoms with E-state index >= 15 is 4.39 Å². The molecule has 1 unspecified atom stereocenters. The molecule has 15 nitrogen and oxygen atoms in total. The number of cyclic esters (lactones) is 1. The number of aliphatic hydroxyl groups is 1. The number of carbonyl (C=O) groups is 6. The molecule has 4 heterocycles. The fourth-order valence-electron chi connectivity index (χ4n) is 8.66. The van der Waals surface area contributed by atoms with Crippen LogP contribution in [0.4, 0.5) is 4.39 Å². The zero-order valence-corrected chi connectivity index (χ0v) is 34.2. The Labute approximate surface area is 350 Å². The van der Waals surface area contributed by atoms with Gasteiger partial charge in [0.2, 0.25) is 17.7 Å². The lowest BCUT2D eigenvalue weighted by Crippen LogP contribution is -2.44. The Hall–Kier alpha value is -6.13. The Kier molecular flexibility index (Phi) is 12.6. The van der Waals surface area contributed by atoms with Crippen molar-refractivity contribution in [1.82, 2.24) is 25.5 Å². The standard InChI is InChI=1S/C45H49FN6O9/c1-3-45(60)30-19-35-42-28(22-52(35)43(58)29(30)23-61-44(45)59)41-32(13-12-27-24(2)31(46)20-34(51-42)40(27)41)49-38(56)10-7-17-48-37(55)16-14-36(54)33(18-25-8-5-4-6-9-25)50-39(57)15-11-26(53)21-47/h4-6,8-9,19-20,32-33,60H,3,7,10-18,21-23,47H2,1-2H3,(H,48,55)(H,49,56)(H,50,57)/t32-,33?,45-/m0/s1. The topological polar surface area (TPSA) is 229 Å². The minimum atomic E-state index is -2.01. The summed E-state index contributed by atoms with van der Waals surface area (Å²) in [7, 11) is 0. The van der Waals surface area contributed by atoms with E-state index in [0.29, 0.717) is 47.3 Å². The highest BCUT2D eigenvalue weighted by Crippen LogP contribution is 2.46. The first kappa shape index (κ1) is 43.0. The molecule has 320 valence electrons. The number of nitrogens with two attached hydrogens (primary N) is 1. The SMILES string of the molecule is CC[C@@]1(O)C(=O)OCc2c1cc1n(c2=O)Cc2c-1nc1cc(F)c(C)c3c1c2[C@@H](NC(=O)CCCNC(=O)CCC(=O)C(Cc1ccccc1)NC(=O)CCC(=O)CN)CC3. The molecule has 0 spiro atoms. The normalized spacial score (nSPS) is 17.7. The van der Waals surface area contributed by atoms with Crippen molar-refractivity contribution in [2.24, 2.45) is 5.73 Å². The maximum absolute atomic E-state index is 15.3. The molecule has 7 rings (SSSR count). The maximum Gasteiger partial charge on any atom is 0.343 e. The summed E-state index contributed by atoms with van der Waals surface area (Å²) in [5.74, 6) is -3.00. The average molecular weight is 837 g/mol. The molecule has 0 radical (unpaired) electrons. The fraction of sp³-hybridized carbons (Fsp3) is 0.422. The first-order valence-electron chi connectivity index (χ1n) is 20.7. The van der Waals surface area contributed by atoms with Crippen molar-refractivity contribution in [3.63, 3.8) is 0 Å². The van der Waals surface area contributed by atoms with Crippen molar-refractivity contribution < 1.29 is 43.0 Å². The number of fused-ring (bicyclic) bond motifs is 5. The largest absolute Gasteiger partial charge is 0.458 e. The second kappa shape index (κ2) is 17.8. The number of aromatic nitrogens is 2. The predicted molar refractivity (Wildman–Crippen MR) is 220 cm³/mol. The first-order chi connectivity index (χ1) is 29.2. The number of benzene rings is 2. The maximum atomic E-state index is 15.3. The zero-order valence-electron chi connectivity index (χ0n) is 34.2. The van der Waals surface area contributed by atoms with Crippen molar-refractivity contribution in [1.29, 1.82) is 0 Å². The van der Waals surface area contributed by atoms with Crippen LogP contribution in [-0.4, -0.2) is 69.0 Å². The summed E-state index contributed by atoms with van der Waals surface area (Å²) in [5.41, 5.74) is 7.88. The lowest BCUT2D eigenvalue weighted by Gasteiger charge is -2.31. The van der Waals surface area contributed by atoms with E-state index in [1.54, 1.807) is 19.9 Å². The van der Waals surface area contributed by atoms with E-state index in [9.17, 15) is 38.7 Å². The van der Waals surface area contributed by atoms with Crippen molar-refractivity contribution in [3.05, 3.63) is 97.6 Å². The first-order valence-corrected chi connectivity index (χ1v) is 20.7. The second-order valence-electron chi connectivity index (χ2n) is 15.9. The molecule has 0 saturated carbocycles. The van der Waals surface area contributed by atoms with Gasteiger partial charge in [-0.05, 0) is 67.3 Å². The van der Waals surface area contributed by atoms with Crippen LogP contribution < -0.4 is 27.2 Å². The molecule has 2 aromatic carbocycles. The number of Topliss-reactive ketones (excluding diaryl/α,β-unsaturated/α-hetero) is 2. The number of hydrogen-bond acceptors (Lipinski definition) is 11. The van der Waals surface area contributed by atoms with Gasteiger partial charge >= 0.3 is 5.97 Å². The molecule has 3 atom stereocenters. The fourth-order valence-corrected chi connectivity index (χ4v) is 8.66. The van der Waals surface area contributed by atoms with Crippen molar-refractivity contribution in [3.8, 4) is 11.4 Å². The van der Waals surface area contributed by atoms with E-state index in [4.69, 9.17) is 15.5 Å². The molecule has 0 bridgehead atoms. The van der Waals surface area contributed by atoms with Crippen LogP contribution in [-0.2, 0) is 65.1 Å². The smallest absolute Gasteiger partial charge is 0.343 e. The zero-order chi connectivity index (χ0) is 43.6. The Balaban J connectivity index is 1.00. The molecular formula is C45H49FN6O9. The molecule has 6 N–H and O–H groups in total. The van der Waals surface area contributed by atoms with Gasteiger partial charge in [0, 0.05) is 61.2 Å². The van der Waals surface area contributed by atoms with Gasteiger partial charge in [-0.2, -0.15) is 0 Å². The van der Waals surface area contributed by atoms with Gasteiger partial charge in [0.25, 0.3) is 5.56 Å². The summed E-state index contributed by atoms with van der Waals surface area (Å²) in [5, 5.41) is 20.6. The van der Waals surface area contributed by atoms with Crippen LogP contribution >= 0.6 is 0 Å². The molecule has 3 amide bonds. The van der Waals surface area contributed by atoms with Crippen LogP contribution in [0.1, 0.15) is 103 Å². The minimum Gasteiger partial charge on any atom is -0.458 e. The van der Waals surface area contributed by atoms with Crippen LogP contribution in [0.3, 0.4) is 0 Å². The van der Waals surface area contributed by atoms with Crippen LogP contribution in [0.2, 0.25) is 0 Å². The van der Waals surface area contributed by atoms with Crippen molar-refractivity contribution in [2.75, 3.05) is 13.1 Å². The van der Waals surface area contributed by atoms with E-state index < -0.39 is 46.8 Å². The summed E-state index contributed by atoms with van der Waals surface area (Å²) in [6.45, 7) is 3.15. The number of nitrogens with zero attached hydrogens (tertiary/aromatic N) is 2. The van der Waals surface area contributed by atoms with Gasteiger partial charge in [-0.25, -0.2) is 14.2 Å². The minimum absolute atomic E-state index is 0.0190. The van der Waals surface area contributed by atoms with Crippen molar-refractivity contribution in [2.45, 2.75) is 109 Å². The van der Waals surface area contributed by atoms with E-state index in [2.05, 4.69) is 16.0 Å². The van der Waals surface area contributed by atoms with Crippen LogP contribution in [0.25, 0.3) is 22.3 Å². The van der Waals surface area contributed by atoms with Crippen molar-refractivity contribution >= 4 is 46.2 Å². The number of pyridine rings is 2. The second-order valence-corrected chi connectivity index (χ2v) is 15.9. The number of carbonyl (C=O) groups excluding carboxylic acids is 6. The Morgan fingerprint density at radius 1 is 1.00 bits per heavy atom. The van der Waals surface area contributed by atoms with Gasteiger partial charge in [0.1, 0.15) is 18.2 Å². The molecule has 2 aromatic heterocycles. The number of nitrogens with one attached hydrogen (secondary N) is 3. The summed E-state index contributed by atoms with van der Waals surface area (Å²) >= 11 is 0. The number of esters is 1. The Bertz CT molecular complexity index is 2520. The quantitative estimate of drug-likeness (QED) is 0.0676. The van der Waals surface area contributed by atoms with E-state index in [-0.39, 0.29) is 99.8 Å². The monoisotopic (exact) mass is 836 g/mol. The number of halogens is 1. The van der Waals surface area contributed by atoms with Gasteiger partial charge in [-0.1, -0.05) is 37.3 Å². The molecule has 61 heavy (non-hydrogen) atoms. The molecule has 4 aromatic rings. The molecule has 16 heteroatoms. The molecule has 0 fully saturated rings. The van der Waals surface area contributed by atoms with Gasteiger partial charge < -0.3 is 36.1 Å². The average Bonchev–Trinajstić information content (AvgIpc) is 3.63. The molecule has 2 aliphatic heterocycles.